The maximum Gasteiger partial charge on any atom is 0.278 e. The Bertz CT molecular complexity index is 527. The van der Waals surface area contributed by atoms with E-state index in [1.807, 2.05) is 18.3 Å². The molecule has 0 aromatic carbocycles. The molecule has 0 aliphatic carbocycles. The first-order valence-corrected chi connectivity index (χ1v) is 8.76. The van der Waals surface area contributed by atoms with E-state index in [0.717, 1.165) is 31.5 Å². The average Bonchev–Trinajstić information content (AvgIpc) is 2.49. The van der Waals surface area contributed by atoms with Gasteiger partial charge in [0.05, 0.1) is 0 Å². The fourth-order valence-electron chi connectivity index (χ4n) is 2.57. The molecule has 0 bridgehead atoms. The van der Waals surface area contributed by atoms with Crippen LogP contribution in [-0.2, 0) is 10.2 Å². The molecule has 1 atom stereocenters. The van der Waals surface area contributed by atoms with Crippen LogP contribution in [0.15, 0.2) is 24.5 Å². The fourth-order valence-corrected chi connectivity index (χ4v) is 3.20. The van der Waals surface area contributed by atoms with Crippen molar-refractivity contribution in [3.8, 4) is 0 Å². The third-order valence-electron chi connectivity index (χ3n) is 3.84. The molecular weight excluding hydrogens is 288 g/mol. The zero-order chi connectivity index (χ0) is 15.3. The van der Waals surface area contributed by atoms with E-state index in [9.17, 15) is 8.42 Å². The number of aromatic nitrogens is 1. The summed E-state index contributed by atoms with van der Waals surface area (Å²) in [6.07, 6.45) is 7.14. The van der Waals surface area contributed by atoms with E-state index in [1.165, 1.54) is 24.8 Å². The molecule has 1 aromatic heterocycles. The van der Waals surface area contributed by atoms with Gasteiger partial charge in [-0.15, -0.1) is 0 Å². The van der Waals surface area contributed by atoms with Crippen LogP contribution < -0.4 is 4.72 Å². The zero-order valence-electron chi connectivity index (χ0n) is 12.7. The van der Waals surface area contributed by atoms with E-state index in [0.29, 0.717) is 6.54 Å². The minimum atomic E-state index is -3.40. The van der Waals surface area contributed by atoms with E-state index in [2.05, 4.69) is 14.6 Å². The third kappa shape index (κ3) is 4.47. The lowest BCUT2D eigenvalue weighted by molar-refractivity contribution is 0.164. The predicted molar refractivity (Wildman–Crippen MR) is 83.0 cm³/mol. The molecule has 21 heavy (non-hydrogen) atoms. The molecule has 1 aromatic rings. The van der Waals surface area contributed by atoms with Crippen LogP contribution in [0.25, 0.3) is 0 Å². The van der Waals surface area contributed by atoms with E-state index in [-0.39, 0.29) is 6.04 Å². The summed E-state index contributed by atoms with van der Waals surface area (Å²) in [4.78, 5) is 6.51. The van der Waals surface area contributed by atoms with Gasteiger partial charge in [0.25, 0.3) is 10.2 Å². The van der Waals surface area contributed by atoms with E-state index >= 15 is 0 Å². The number of hydrogen-bond acceptors (Lipinski definition) is 4. The summed E-state index contributed by atoms with van der Waals surface area (Å²) in [6.45, 7) is 2.37. The quantitative estimate of drug-likeness (QED) is 0.851. The van der Waals surface area contributed by atoms with Crippen molar-refractivity contribution in [2.75, 3.05) is 33.7 Å². The van der Waals surface area contributed by atoms with Crippen LogP contribution in [0.2, 0.25) is 0 Å². The number of hydrogen-bond donors (Lipinski definition) is 1. The van der Waals surface area contributed by atoms with Crippen molar-refractivity contribution in [1.82, 2.24) is 18.9 Å². The number of likely N-dealkylation sites (tertiary alicyclic amines) is 1. The van der Waals surface area contributed by atoms with Gasteiger partial charge in [-0.2, -0.15) is 12.7 Å². The van der Waals surface area contributed by atoms with Crippen LogP contribution in [0.3, 0.4) is 0 Å². The Morgan fingerprint density at radius 3 is 2.62 bits per heavy atom. The summed E-state index contributed by atoms with van der Waals surface area (Å²) in [5.74, 6) is 0. The lowest BCUT2D eigenvalue weighted by Gasteiger charge is -2.35. The van der Waals surface area contributed by atoms with E-state index in [4.69, 9.17) is 0 Å². The van der Waals surface area contributed by atoms with Crippen LogP contribution in [0.5, 0.6) is 0 Å². The number of nitrogens with zero attached hydrogens (tertiary/aromatic N) is 3. The van der Waals surface area contributed by atoms with Crippen LogP contribution in [0.4, 0.5) is 0 Å². The molecule has 0 spiro atoms. The van der Waals surface area contributed by atoms with Crippen LogP contribution in [-0.4, -0.2) is 56.3 Å². The second kappa shape index (κ2) is 7.31. The van der Waals surface area contributed by atoms with Gasteiger partial charge in [0.2, 0.25) is 0 Å². The number of pyridine rings is 1. The van der Waals surface area contributed by atoms with Gasteiger partial charge >= 0.3 is 0 Å². The standard InChI is InChI=1S/C14H24N4O2S/c1-17(2)21(19,20)16-12-14(13-7-6-8-15-11-13)18-9-4-3-5-10-18/h6-8,11,14,16H,3-5,9-10,12H2,1-2H3. The second-order valence-electron chi connectivity index (χ2n) is 5.53. The third-order valence-corrected chi connectivity index (χ3v) is 5.33. The largest absolute Gasteiger partial charge is 0.295 e. The van der Waals surface area contributed by atoms with Crippen molar-refractivity contribution in [1.29, 1.82) is 0 Å². The number of nitrogens with one attached hydrogen (secondary N) is 1. The molecule has 7 heteroatoms. The van der Waals surface area contributed by atoms with Crippen LogP contribution >= 0.6 is 0 Å². The lowest BCUT2D eigenvalue weighted by Crippen LogP contribution is -2.43. The first-order valence-electron chi connectivity index (χ1n) is 7.32. The summed E-state index contributed by atoms with van der Waals surface area (Å²) >= 11 is 0. The summed E-state index contributed by atoms with van der Waals surface area (Å²) in [6, 6.07) is 3.94. The molecule has 118 valence electrons. The fraction of sp³-hybridized carbons (Fsp3) is 0.643. The maximum absolute atomic E-state index is 11.9. The van der Waals surface area contributed by atoms with Gasteiger partial charge in [-0.25, -0.2) is 4.72 Å². The van der Waals surface area contributed by atoms with Gasteiger partial charge in [-0.3, -0.25) is 9.88 Å². The SMILES string of the molecule is CN(C)S(=O)(=O)NCC(c1cccnc1)N1CCCCC1. The highest BCUT2D eigenvalue weighted by Gasteiger charge is 2.24. The molecule has 0 amide bonds. The Labute approximate surface area is 127 Å². The molecule has 1 fully saturated rings. The molecule has 6 nitrogen and oxygen atoms in total. The van der Waals surface area contributed by atoms with Crippen molar-refractivity contribution in [2.45, 2.75) is 25.3 Å². The van der Waals surface area contributed by atoms with Crippen LogP contribution in [0.1, 0.15) is 30.9 Å². The highest BCUT2D eigenvalue weighted by molar-refractivity contribution is 7.87. The second-order valence-corrected chi connectivity index (χ2v) is 7.50. The Kier molecular flexibility index (Phi) is 5.69. The molecule has 1 aliphatic heterocycles. The summed E-state index contributed by atoms with van der Waals surface area (Å²) in [7, 11) is -0.344. The highest BCUT2D eigenvalue weighted by Crippen LogP contribution is 2.23. The summed E-state index contributed by atoms with van der Waals surface area (Å²) < 4.78 is 27.7. The minimum absolute atomic E-state index is 0.0359. The van der Waals surface area contributed by atoms with E-state index < -0.39 is 10.2 Å². The minimum Gasteiger partial charge on any atom is -0.295 e. The van der Waals surface area contributed by atoms with Gasteiger partial charge in [-0.05, 0) is 37.6 Å². The summed E-state index contributed by atoms with van der Waals surface area (Å²) in [5, 5.41) is 0. The highest BCUT2D eigenvalue weighted by atomic mass is 32.2. The maximum atomic E-state index is 11.9. The number of rotatable bonds is 6. The normalized spacial score (nSPS) is 18.8. The first-order chi connectivity index (χ1) is 10.0. The smallest absolute Gasteiger partial charge is 0.278 e. The molecule has 0 radical (unpaired) electrons. The molecule has 0 saturated carbocycles. The molecule has 1 saturated heterocycles. The Morgan fingerprint density at radius 1 is 1.33 bits per heavy atom. The monoisotopic (exact) mass is 312 g/mol. The summed E-state index contributed by atoms with van der Waals surface area (Å²) in [5.41, 5.74) is 1.06. The molecule has 1 unspecified atom stereocenters. The van der Waals surface area contributed by atoms with Crippen molar-refractivity contribution >= 4 is 10.2 Å². The van der Waals surface area contributed by atoms with Crippen molar-refractivity contribution < 1.29 is 8.42 Å². The Morgan fingerprint density at radius 2 is 2.05 bits per heavy atom. The molecule has 2 heterocycles. The van der Waals surface area contributed by atoms with Crippen LogP contribution in [0, 0.1) is 0 Å². The van der Waals surface area contributed by atoms with Crippen molar-refractivity contribution in [3.05, 3.63) is 30.1 Å². The van der Waals surface area contributed by atoms with Gasteiger partial charge < -0.3 is 0 Å². The van der Waals surface area contributed by atoms with Gasteiger partial charge in [0, 0.05) is 39.1 Å². The van der Waals surface area contributed by atoms with Gasteiger partial charge in [0.1, 0.15) is 0 Å². The molecular formula is C14H24N4O2S. The molecule has 1 aliphatic rings. The van der Waals surface area contributed by atoms with Crippen molar-refractivity contribution in [3.63, 3.8) is 0 Å². The Balaban J connectivity index is 2.12. The molecule has 1 N–H and O–H groups in total. The van der Waals surface area contributed by atoms with Crippen molar-refractivity contribution in [2.24, 2.45) is 0 Å². The van der Waals surface area contributed by atoms with Gasteiger partial charge in [0.15, 0.2) is 0 Å². The van der Waals surface area contributed by atoms with Gasteiger partial charge in [-0.1, -0.05) is 12.5 Å². The average molecular weight is 312 g/mol. The number of piperidine rings is 1. The topological polar surface area (TPSA) is 65.5 Å². The van der Waals surface area contributed by atoms with E-state index in [1.54, 1.807) is 6.20 Å². The first kappa shape index (κ1) is 16.4. The molecule has 2 rings (SSSR count). The predicted octanol–water partition coefficient (Wildman–Crippen LogP) is 1.00. The zero-order valence-corrected chi connectivity index (χ0v) is 13.5. The lowest BCUT2D eigenvalue weighted by atomic mass is 10.0. The Hall–Kier alpha value is -1.02.